The minimum Gasteiger partial charge on any atom is -0.356 e. The van der Waals surface area contributed by atoms with Gasteiger partial charge in [-0.15, -0.1) is 0 Å². The highest BCUT2D eigenvalue weighted by molar-refractivity contribution is 5.75. The summed E-state index contributed by atoms with van der Waals surface area (Å²) in [5.74, 6) is 0.397. The van der Waals surface area contributed by atoms with Crippen LogP contribution >= 0.6 is 0 Å². The Morgan fingerprint density at radius 2 is 2.00 bits per heavy atom. The van der Waals surface area contributed by atoms with Crippen LogP contribution in [0.2, 0.25) is 0 Å². The molecule has 0 heterocycles. The van der Waals surface area contributed by atoms with Crippen molar-refractivity contribution in [3.8, 4) is 0 Å². The van der Waals surface area contributed by atoms with Crippen molar-refractivity contribution in [1.29, 1.82) is 0 Å². The number of benzene rings is 1. The first-order valence-electron chi connectivity index (χ1n) is 7.37. The molecule has 1 unspecified atom stereocenters. The van der Waals surface area contributed by atoms with Crippen molar-refractivity contribution in [2.24, 2.45) is 11.7 Å². The van der Waals surface area contributed by atoms with Crippen molar-refractivity contribution < 1.29 is 9.18 Å². The molecule has 1 atom stereocenters. The number of halogens is 1. The summed E-state index contributed by atoms with van der Waals surface area (Å²) in [6, 6.07) is 6.37. The molecule has 3 nitrogen and oxygen atoms in total. The molecule has 3 N–H and O–H groups in total. The number of rotatable bonds is 9. The number of hydrogen-bond acceptors (Lipinski definition) is 2. The topological polar surface area (TPSA) is 55.1 Å². The van der Waals surface area contributed by atoms with E-state index in [1.54, 1.807) is 12.1 Å². The Hall–Kier alpha value is -1.42. The Labute approximate surface area is 120 Å². The summed E-state index contributed by atoms with van der Waals surface area (Å²) in [4.78, 5) is 11.7. The van der Waals surface area contributed by atoms with E-state index in [1.807, 2.05) is 0 Å². The first-order valence-corrected chi connectivity index (χ1v) is 7.37. The fraction of sp³-hybridized carbons (Fsp3) is 0.562. The van der Waals surface area contributed by atoms with Gasteiger partial charge in [-0.2, -0.15) is 0 Å². The normalized spacial score (nSPS) is 12.2. The predicted octanol–water partition coefficient (Wildman–Crippen LogP) is 2.64. The fourth-order valence-corrected chi connectivity index (χ4v) is 2.21. The number of nitrogens with one attached hydrogen (secondary N) is 1. The van der Waals surface area contributed by atoms with E-state index < -0.39 is 0 Å². The van der Waals surface area contributed by atoms with Gasteiger partial charge in [0.25, 0.3) is 0 Å². The lowest BCUT2D eigenvalue weighted by atomic mass is 9.96. The van der Waals surface area contributed by atoms with Gasteiger partial charge in [-0.05, 0) is 49.4 Å². The quantitative estimate of drug-likeness (QED) is 0.730. The Balaban J connectivity index is 2.18. The van der Waals surface area contributed by atoms with Gasteiger partial charge in [0.15, 0.2) is 0 Å². The molecule has 4 heteroatoms. The van der Waals surface area contributed by atoms with Crippen LogP contribution in [0, 0.1) is 11.7 Å². The van der Waals surface area contributed by atoms with Crippen LogP contribution in [-0.2, 0) is 11.2 Å². The molecule has 0 aliphatic carbocycles. The lowest BCUT2D eigenvalue weighted by Crippen LogP contribution is -2.26. The van der Waals surface area contributed by atoms with Gasteiger partial charge in [-0.3, -0.25) is 4.79 Å². The first kappa shape index (κ1) is 16.6. The van der Waals surface area contributed by atoms with Crippen molar-refractivity contribution in [2.45, 2.75) is 39.0 Å². The van der Waals surface area contributed by atoms with Crippen molar-refractivity contribution >= 4 is 5.91 Å². The molecule has 1 amide bonds. The van der Waals surface area contributed by atoms with Gasteiger partial charge >= 0.3 is 0 Å². The van der Waals surface area contributed by atoms with Crippen LogP contribution in [0.4, 0.5) is 4.39 Å². The highest BCUT2D eigenvalue weighted by atomic mass is 19.1. The molecule has 0 aliphatic heterocycles. The highest BCUT2D eigenvalue weighted by Crippen LogP contribution is 2.14. The lowest BCUT2D eigenvalue weighted by molar-refractivity contribution is -0.121. The van der Waals surface area contributed by atoms with Gasteiger partial charge in [0.05, 0.1) is 0 Å². The number of nitrogens with two attached hydrogens (primary N) is 1. The molecule has 0 aliphatic rings. The maximum Gasteiger partial charge on any atom is 0.220 e. The van der Waals surface area contributed by atoms with Crippen LogP contribution in [0.3, 0.4) is 0 Å². The molecule has 0 fully saturated rings. The minimum atomic E-state index is -0.233. The Morgan fingerprint density at radius 3 is 2.60 bits per heavy atom. The Kier molecular flexibility index (Phi) is 7.88. The monoisotopic (exact) mass is 280 g/mol. The van der Waals surface area contributed by atoms with Crippen LogP contribution in [0.15, 0.2) is 24.3 Å². The molecule has 20 heavy (non-hydrogen) atoms. The largest absolute Gasteiger partial charge is 0.356 e. The zero-order chi connectivity index (χ0) is 14.8. The predicted molar refractivity (Wildman–Crippen MR) is 79.8 cm³/mol. The lowest BCUT2D eigenvalue weighted by Gasteiger charge is -2.13. The van der Waals surface area contributed by atoms with Gasteiger partial charge in [-0.25, -0.2) is 4.39 Å². The van der Waals surface area contributed by atoms with E-state index >= 15 is 0 Å². The Bertz CT molecular complexity index is 392. The zero-order valence-corrected chi connectivity index (χ0v) is 12.2. The maximum atomic E-state index is 12.7. The van der Waals surface area contributed by atoms with Crippen LogP contribution in [0.1, 0.15) is 38.2 Å². The van der Waals surface area contributed by atoms with Crippen LogP contribution < -0.4 is 11.1 Å². The summed E-state index contributed by atoms with van der Waals surface area (Å²) in [7, 11) is 0. The van der Waals surface area contributed by atoms with E-state index in [4.69, 9.17) is 5.73 Å². The summed E-state index contributed by atoms with van der Waals surface area (Å²) in [5.41, 5.74) is 6.57. The molecule has 0 spiro atoms. The molecule has 112 valence electrons. The maximum absolute atomic E-state index is 12.7. The van der Waals surface area contributed by atoms with Crippen LogP contribution in [0.25, 0.3) is 0 Å². The molecular weight excluding hydrogens is 255 g/mol. The van der Waals surface area contributed by atoms with Gasteiger partial charge in [0.2, 0.25) is 5.91 Å². The summed E-state index contributed by atoms with van der Waals surface area (Å²) < 4.78 is 12.7. The van der Waals surface area contributed by atoms with Gasteiger partial charge in [0.1, 0.15) is 5.82 Å². The van der Waals surface area contributed by atoms with Crippen LogP contribution in [0.5, 0.6) is 0 Å². The van der Waals surface area contributed by atoms with E-state index in [9.17, 15) is 9.18 Å². The standard InChI is InChI=1S/C16H25FN2O/c1-2-13(9-11-18)5-8-16(20)19-12-10-14-3-6-15(17)7-4-14/h3-4,6-7,13H,2,5,8-12,18H2,1H3,(H,19,20). The fourth-order valence-electron chi connectivity index (χ4n) is 2.21. The second-order valence-electron chi connectivity index (χ2n) is 5.12. The number of carbonyl (C=O) groups is 1. The third-order valence-electron chi connectivity index (χ3n) is 3.58. The number of amides is 1. The molecule has 1 rings (SSSR count). The summed E-state index contributed by atoms with van der Waals surface area (Å²) in [6.45, 7) is 3.41. The SMILES string of the molecule is CCC(CCN)CCC(=O)NCCc1ccc(F)cc1. The van der Waals surface area contributed by atoms with E-state index in [0.717, 1.165) is 31.2 Å². The first-order chi connectivity index (χ1) is 9.65. The number of hydrogen-bond donors (Lipinski definition) is 2. The van der Waals surface area contributed by atoms with E-state index in [1.165, 1.54) is 12.1 Å². The molecule has 0 saturated heterocycles. The average molecular weight is 280 g/mol. The third kappa shape index (κ3) is 6.66. The van der Waals surface area contributed by atoms with E-state index in [0.29, 0.717) is 25.4 Å². The average Bonchev–Trinajstić information content (AvgIpc) is 2.45. The Morgan fingerprint density at radius 1 is 1.30 bits per heavy atom. The minimum absolute atomic E-state index is 0.0857. The highest BCUT2D eigenvalue weighted by Gasteiger charge is 2.08. The molecule has 0 saturated carbocycles. The molecule has 0 aromatic heterocycles. The van der Waals surface area contributed by atoms with E-state index in [-0.39, 0.29) is 11.7 Å². The molecule has 0 radical (unpaired) electrons. The van der Waals surface area contributed by atoms with Crippen molar-refractivity contribution in [3.05, 3.63) is 35.6 Å². The van der Waals surface area contributed by atoms with E-state index in [2.05, 4.69) is 12.2 Å². The molecule has 1 aromatic carbocycles. The second-order valence-corrected chi connectivity index (χ2v) is 5.12. The number of carbonyl (C=O) groups excluding carboxylic acids is 1. The summed E-state index contributed by atoms with van der Waals surface area (Å²) in [5, 5.41) is 2.90. The van der Waals surface area contributed by atoms with Gasteiger partial charge in [-0.1, -0.05) is 25.5 Å². The summed E-state index contributed by atoms with van der Waals surface area (Å²) in [6.07, 6.45) is 4.24. The van der Waals surface area contributed by atoms with Crippen molar-refractivity contribution in [3.63, 3.8) is 0 Å². The molecular formula is C16H25FN2O. The van der Waals surface area contributed by atoms with Gasteiger partial charge < -0.3 is 11.1 Å². The van der Waals surface area contributed by atoms with Gasteiger partial charge in [0, 0.05) is 13.0 Å². The smallest absolute Gasteiger partial charge is 0.220 e. The van der Waals surface area contributed by atoms with Crippen molar-refractivity contribution in [2.75, 3.05) is 13.1 Å². The van der Waals surface area contributed by atoms with Crippen LogP contribution in [-0.4, -0.2) is 19.0 Å². The second kappa shape index (κ2) is 9.48. The molecule has 1 aromatic rings. The van der Waals surface area contributed by atoms with Crippen molar-refractivity contribution in [1.82, 2.24) is 5.32 Å². The summed E-state index contributed by atoms with van der Waals surface area (Å²) >= 11 is 0. The molecule has 0 bridgehead atoms. The zero-order valence-electron chi connectivity index (χ0n) is 12.2. The third-order valence-corrected chi connectivity index (χ3v) is 3.58.